The molecule has 1 saturated heterocycles. The number of nitrogens with zero attached hydrogens (tertiary/aromatic N) is 1. The Morgan fingerprint density at radius 3 is 2.68 bits per heavy atom. The minimum Gasteiger partial charge on any atom is -0.384 e. The molecule has 2 heterocycles. The topological polar surface area (TPSA) is 81.1 Å². The van der Waals surface area contributed by atoms with Crippen LogP contribution in [-0.4, -0.2) is 23.1 Å². The van der Waals surface area contributed by atoms with E-state index in [0.29, 0.717) is 6.54 Å². The van der Waals surface area contributed by atoms with Gasteiger partial charge in [-0.25, -0.2) is 0 Å². The van der Waals surface area contributed by atoms with Crippen LogP contribution in [0.3, 0.4) is 0 Å². The van der Waals surface area contributed by atoms with Crippen molar-refractivity contribution in [1.29, 1.82) is 5.41 Å². The molecule has 22 heavy (non-hydrogen) atoms. The molecule has 1 aromatic heterocycles. The van der Waals surface area contributed by atoms with Crippen LogP contribution >= 0.6 is 0 Å². The maximum atomic E-state index is 12.7. The first kappa shape index (κ1) is 14.5. The van der Waals surface area contributed by atoms with Gasteiger partial charge in [-0.3, -0.25) is 10.2 Å². The predicted octanol–water partition coefficient (Wildman–Crippen LogP) is 1.98. The number of benzene rings is 1. The minimum absolute atomic E-state index is 0.0439. The summed E-state index contributed by atoms with van der Waals surface area (Å²) in [5, 5.41) is 7.57. The maximum absolute atomic E-state index is 12.7. The molecule has 1 aliphatic rings. The molecule has 2 aromatic rings. The minimum atomic E-state index is -0.232. The Balaban J connectivity index is 2.10. The largest absolute Gasteiger partial charge is 0.384 e. The zero-order chi connectivity index (χ0) is 15.5. The molecular weight excluding hydrogens is 278 g/mol. The quantitative estimate of drug-likeness (QED) is 0.669. The van der Waals surface area contributed by atoms with E-state index in [0.717, 1.165) is 30.7 Å². The first-order valence-electron chi connectivity index (χ1n) is 7.42. The van der Waals surface area contributed by atoms with E-state index in [2.05, 4.69) is 0 Å². The van der Waals surface area contributed by atoms with Gasteiger partial charge in [0.1, 0.15) is 5.84 Å². The van der Waals surface area contributed by atoms with Crippen molar-refractivity contribution in [2.75, 3.05) is 6.61 Å². The van der Waals surface area contributed by atoms with Crippen LogP contribution in [0.4, 0.5) is 0 Å². The molecule has 0 amide bonds. The van der Waals surface area contributed by atoms with E-state index in [1.54, 1.807) is 10.6 Å². The summed E-state index contributed by atoms with van der Waals surface area (Å²) >= 11 is 0. The number of amidine groups is 1. The van der Waals surface area contributed by atoms with Gasteiger partial charge in [0.2, 0.25) is 0 Å². The molecule has 1 fully saturated rings. The fourth-order valence-electron chi connectivity index (χ4n) is 2.82. The fraction of sp³-hybridized carbons (Fsp3) is 0.294. The second kappa shape index (κ2) is 6.15. The summed E-state index contributed by atoms with van der Waals surface area (Å²) in [6.45, 7) is 1.23. The van der Waals surface area contributed by atoms with Gasteiger partial charge in [0.15, 0.2) is 0 Å². The average molecular weight is 297 g/mol. The lowest BCUT2D eigenvalue weighted by molar-refractivity contribution is 0.0965. The van der Waals surface area contributed by atoms with E-state index in [4.69, 9.17) is 15.9 Å². The Bertz CT molecular complexity index is 731. The highest BCUT2D eigenvalue weighted by Gasteiger charge is 2.20. The number of hydrogen-bond donors (Lipinski definition) is 2. The summed E-state index contributed by atoms with van der Waals surface area (Å²) in [6, 6.07) is 13.2. The third-order valence-electron chi connectivity index (χ3n) is 3.94. The lowest BCUT2D eigenvalue weighted by Crippen LogP contribution is -2.33. The summed E-state index contributed by atoms with van der Waals surface area (Å²) in [5.41, 5.74) is 7.31. The number of nitrogens with one attached hydrogen (secondary N) is 1. The van der Waals surface area contributed by atoms with Crippen molar-refractivity contribution in [1.82, 2.24) is 4.57 Å². The first-order chi connectivity index (χ1) is 10.7. The highest BCUT2D eigenvalue weighted by atomic mass is 16.5. The number of nitrogens with two attached hydrogens (primary N) is 1. The standard InChI is InChI=1S/C17H19N3O2/c18-16(19)14-8-9-15(12-5-2-1-3-6-12)20(17(14)21)11-13-7-4-10-22-13/h1-3,5-6,8-9,13H,4,7,10-11H2,(H3,18,19). The number of ether oxygens (including phenoxy) is 1. The van der Waals surface area contributed by atoms with Gasteiger partial charge in [-0.1, -0.05) is 30.3 Å². The van der Waals surface area contributed by atoms with Crippen LogP contribution in [0.5, 0.6) is 0 Å². The molecule has 114 valence electrons. The van der Waals surface area contributed by atoms with Crippen molar-refractivity contribution in [3.05, 3.63) is 58.4 Å². The number of rotatable bonds is 4. The second-order valence-corrected chi connectivity index (χ2v) is 5.46. The van der Waals surface area contributed by atoms with Crippen molar-refractivity contribution < 1.29 is 4.74 Å². The third-order valence-corrected chi connectivity index (χ3v) is 3.94. The Morgan fingerprint density at radius 2 is 2.05 bits per heavy atom. The highest BCUT2D eigenvalue weighted by Crippen LogP contribution is 2.21. The van der Waals surface area contributed by atoms with Gasteiger partial charge in [-0.15, -0.1) is 0 Å². The normalized spacial score (nSPS) is 17.5. The van der Waals surface area contributed by atoms with Gasteiger partial charge in [0.25, 0.3) is 5.56 Å². The van der Waals surface area contributed by atoms with Crippen LogP contribution < -0.4 is 11.3 Å². The number of hydrogen-bond acceptors (Lipinski definition) is 3. The molecular formula is C17H19N3O2. The summed E-state index contributed by atoms with van der Waals surface area (Å²) < 4.78 is 7.34. The first-order valence-corrected chi connectivity index (χ1v) is 7.42. The van der Waals surface area contributed by atoms with E-state index >= 15 is 0 Å². The van der Waals surface area contributed by atoms with E-state index in [1.165, 1.54) is 0 Å². The second-order valence-electron chi connectivity index (χ2n) is 5.46. The van der Waals surface area contributed by atoms with Gasteiger partial charge >= 0.3 is 0 Å². The Kier molecular flexibility index (Phi) is 4.06. The number of pyridine rings is 1. The average Bonchev–Trinajstić information content (AvgIpc) is 3.03. The Morgan fingerprint density at radius 1 is 1.27 bits per heavy atom. The lowest BCUT2D eigenvalue weighted by atomic mass is 10.1. The fourth-order valence-corrected chi connectivity index (χ4v) is 2.82. The summed E-state index contributed by atoms with van der Waals surface area (Å²) in [4.78, 5) is 12.7. The van der Waals surface area contributed by atoms with Crippen LogP contribution in [0.25, 0.3) is 11.3 Å². The third kappa shape index (κ3) is 2.80. The molecule has 1 unspecified atom stereocenters. The van der Waals surface area contributed by atoms with Gasteiger partial charge in [0, 0.05) is 6.61 Å². The lowest BCUT2D eigenvalue weighted by Gasteiger charge is -2.18. The van der Waals surface area contributed by atoms with Crippen LogP contribution in [0.1, 0.15) is 18.4 Å². The molecule has 0 radical (unpaired) electrons. The van der Waals surface area contributed by atoms with Crippen LogP contribution in [-0.2, 0) is 11.3 Å². The summed E-state index contributed by atoms with van der Waals surface area (Å²) in [5.74, 6) is -0.203. The van der Waals surface area contributed by atoms with Crippen molar-refractivity contribution in [3.8, 4) is 11.3 Å². The molecule has 3 rings (SSSR count). The molecule has 3 N–H and O–H groups in total. The summed E-state index contributed by atoms with van der Waals surface area (Å²) in [6.07, 6.45) is 2.01. The molecule has 1 atom stereocenters. The Hall–Kier alpha value is -2.40. The molecule has 5 heteroatoms. The molecule has 0 saturated carbocycles. The predicted molar refractivity (Wildman–Crippen MR) is 86.1 cm³/mol. The van der Waals surface area contributed by atoms with Gasteiger partial charge in [-0.05, 0) is 30.5 Å². The van der Waals surface area contributed by atoms with Gasteiger partial charge < -0.3 is 15.0 Å². The monoisotopic (exact) mass is 297 g/mol. The van der Waals surface area contributed by atoms with Crippen molar-refractivity contribution in [2.45, 2.75) is 25.5 Å². The molecule has 0 bridgehead atoms. The zero-order valence-corrected chi connectivity index (χ0v) is 12.3. The molecule has 1 aliphatic heterocycles. The molecule has 5 nitrogen and oxygen atoms in total. The molecule has 0 spiro atoms. The smallest absolute Gasteiger partial charge is 0.262 e. The number of aromatic nitrogens is 1. The van der Waals surface area contributed by atoms with Crippen LogP contribution in [0, 0.1) is 5.41 Å². The van der Waals surface area contributed by atoms with Crippen LogP contribution in [0.2, 0.25) is 0 Å². The van der Waals surface area contributed by atoms with Crippen molar-refractivity contribution in [3.63, 3.8) is 0 Å². The SMILES string of the molecule is N=C(N)c1ccc(-c2ccccc2)n(CC2CCCO2)c1=O. The van der Waals surface area contributed by atoms with Gasteiger partial charge in [-0.2, -0.15) is 0 Å². The summed E-state index contributed by atoms with van der Waals surface area (Å²) in [7, 11) is 0. The van der Waals surface area contributed by atoms with E-state index < -0.39 is 0 Å². The van der Waals surface area contributed by atoms with Gasteiger partial charge in [0.05, 0.1) is 23.9 Å². The molecule has 0 aliphatic carbocycles. The Labute approximate surface area is 128 Å². The van der Waals surface area contributed by atoms with E-state index in [9.17, 15) is 4.79 Å². The van der Waals surface area contributed by atoms with E-state index in [1.807, 2.05) is 36.4 Å². The van der Waals surface area contributed by atoms with E-state index in [-0.39, 0.29) is 23.1 Å². The zero-order valence-electron chi connectivity index (χ0n) is 12.3. The number of nitrogen functional groups attached to an aromatic ring is 1. The van der Waals surface area contributed by atoms with Crippen LogP contribution in [0.15, 0.2) is 47.3 Å². The molecule has 1 aromatic carbocycles. The highest BCUT2D eigenvalue weighted by molar-refractivity contribution is 5.94. The maximum Gasteiger partial charge on any atom is 0.262 e. The van der Waals surface area contributed by atoms with Crippen molar-refractivity contribution >= 4 is 5.84 Å². The van der Waals surface area contributed by atoms with Crippen molar-refractivity contribution in [2.24, 2.45) is 5.73 Å².